The number of pyridine rings is 1. The molecule has 1 heterocycles. The van der Waals surface area contributed by atoms with Crippen LogP contribution in [0.2, 0.25) is 0 Å². The highest BCUT2D eigenvalue weighted by Gasteiger charge is 2.22. The number of carbonyl (C=O) groups is 2. The predicted molar refractivity (Wildman–Crippen MR) is 71.8 cm³/mol. The Morgan fingerprint density at radius 1 is 1.37 bits per heavy atom. The lowest BCUT2D eigenvalue weighted by Crippen LogP contribution is -2.44. The lowest BCUT2D eigenvalue weighted by Gasteiger charge is -2.22. The van der Waals surface area contributed by atoms with Gasteiger partial charge in [-0.05, 0) is 39.8 Å². The van der Waals surface area contributed by atoms with E-state index in [1.54, 1.807) is 33.0 Å². The van der Waals surface area contributed by atoms with Gasteiger partial charge in [0.05, 0.1) is 6.04 Å². The van der Waals surface area contributed by atoms with Crippen molar-refractivity contribution < 1.29 is 14.3 Å². The highest BCUT2D eigenvalue weighted by molar-refractivity contribution is 5.85. The van der Waals surface area contributed by atoms with Crippen LogP contribution < -0.4 is 5.32 Å². The normalized spacial score (nSPS) is 12.6. The standard InChI is InChI=1S/C14H20N2O3/c1-10(17)12(9-11-7-5-6-8-15-11)16-13(18)19-14(2,3)4/h5-8,12H,9H2,1-4H3,(H,16,18). The quantitative estimate of drug-likeness (QED) is 0.904. The number of carbonyl (C=O) groups excluding carboxylic acids is 2. The highest BCUT2D eigenvalue weighted by atomic mass is 16.6. The zero-order valence-electron chi connectivity index (χ0n) is 11.8. The van der Waals surface area contributed by atoms with Crippen molar-refractivity contribution in [1.82, 2.24) is 10.3 Å². The molecule has 5 nitrogen and oxygen atoms in total. The summed E-state index contributed by atoms with van der Waals surface area (Å²) in [7, 11) is 0. The Hall–Kier alpha value is -1.91. The lowest BCUT2D eigenvalue weighted by molar-refractivity contribution is -0.119. The van der Waals surface area contributed by atoms with Gasteiger partial charge in [-0.15, -0.1) is 0 Å². The van der Waals surface area contributed by atoms with E-state index in [2.05, 4.69) is 10.3 Å². The average molecular weight is 264 g/mol. The van der Waals surface area contributed by atoms with Crippen molar-refractivity contribution in [3.05, 3.63) is 30.1 Å². The fraction of sp³-hybridized carbons (Fsp3) is 0.500. The maximum atomic E-state index is 11.7. The van der Waals surface area contributed by atoms with Crippen molar-refractivity contribution in [2.75, 3.05) is 0 Å². The number of amides is 1. The maximum Gasteiger partial charge on any atom is 0.408 e. The number of nitrogens with one attached hydrogen (secondary N) is 1. The molecule has 1 N–H and O–H groups in total. The molecule has 0 aliphatic rings. The Balaban J connectivity index is 2.64. The first-order valence-corrected chi connectivity index (χ1v) is 6.18. The van der Waals surface area contributed by atoms with Crippen molar-refractivity contribution in [3.63, 3.8) is 0 Å². The lowest BCUT2D eigenvalue weighted by atomic mass is 10.1. The minimum atomic E-state index is -0.621. The van der Waals surface area contributed by atoms with E-state index in [4.69, 9.17) is 4.74 Å². The van der Waals surface area contributed by atoms with Crippen LogP contribution in [0.15, 0.2) is 24.4 Å². The van der Waals surface area contributed by atoms with Gasteiger partial charge >= 0.3 is 6.09 Å². The molecule has 1 atom stereocenters. The molecule has 0 aliphatic heterocycles. The smallest absolute Gasteiger partial charge is 0.408 e. The predicted octanol–water partition coefficient (Wildman–Crippen LogP) is 2.11. The number of hydrogen-bond acceptors (Lipinski definition) is 4. The van der Waals surface area contributed by atoms with Crippen LogP contribution in [0.4, 0.5) is 4.79 Å². The van der Waals surface area contributed by atoms with Gasteiger partial charge in [-0.2, -0.15) is 0 Å². The number of alkyl carbamates (subject to hydrolysis) is 1. The average Bonchev–Trinajstić information content (AvgIpc) is 2.26. The van der Waals surface area contributed by atoms with Gasteiger partial charge in [-0.25, -0.2) is 4.79 Å². The SMILES string of the molecule is CC(=O)C(Cc1ccccn1)NC(=O)OC(C)(C)C. The van der Waals surface area contributed by atoms with Crippen molar-refractivity contribution in [2.24, 2.45) is 0 Å². The summed E-state index contributed by atoms with van der Waals surface area (Å²) in [4.78, 5) is 27.3. The van der Waals surface area contributed by atoms with Crippen molar-refractivity contribution in [2.45, 2.75) is 45.8 Å². The number of ether oxygens (including phenoxy) is 1. The van der Waals surface area contributed by atoms with E-state index in [9.17, 15) is 9.59 Å². The molecule has 0 aliphatic carbocycles. The molecule has 0 saturated heterocycles. The monoisotopic (exact) mass is 264 g/mol. The second kappa shape index (κ2) is 6.31. The Labute approximate surface area is 113 Å². The summed E-state index contributed by atoms with van der Waals surface area (Å²) in [5.41, 5.74) is 0.162. The molecule has 5 heteroatoms. The van der Waals surface area contributed by atoms with E-state index in [0.29, 0.717) is 6.42 Å². The topological polar surface area (TPSA) is 68.3 Å². The van der Waals surface area contributed by atoms with Gasteiger partial charge in [0.15, 0.2) is 5.78 Å². The third-order valence-electron chi connectivity index (χ3n) is 2.32. The molecule has 0 fully saturated rings. The minimum absolute atomic E-state index is 0.128. The van der Waals surface area contributed by atoms with Gasteiger partial charge in [0.2, 0.25) is 0 Å². The Morgan fingerprint density at radius 3 is 2.53 bits per heavy atom. The Bertz CT molecular complexity index is 438. The molecule has 1 amide bonds. The molecule has 104 valence electrons. The molecule has 1 rings (SSSR count). The van der Waals surface area contributed by atoms with Crippen LogP contribution in [0.5, 0.6) is 0 Å². The fourth-order valence-corrected chi connectivity index (χ4v) is 1.47. The van der Waals surface area contributed by atoms with Crippen LogP contribution in [0.3, 0.4) is 0 Å². The summed E-state index contributed by atoms with van der Waals surface area (Å²) in [5.74, 6) is -0.128. The van der Waals surface area contributed by atoms with Gasteiger partial charge in [-0.3, -0.25) is 9.78 Å². The molecular formula is C14H20N2O3. The summed E-state index contributed by atoms with van der Waals surface area (Å²) in [5, 5.41) is 2.57. The van der Waals surface area contributed by atoms with E-state index in [1.807, 2.05) is 12.1 Å². The van der Waals surface area contributed by atoms with Crippen LogP contribution in [-0.4, -0.2) is 28.5 Å². The Morgan fingerprint density at radius 2 is 2.05 bits per heavy atom. The van der Waals surface area contributed by atoms with Crippen LogP contribution in [0.25, 0.3) is 0 Å². The van der Waals surface area contributed by atoms with Crippen LogP contribution >= 0.6 is 0 Å². The molecule has 0 aromatic carbocycles. The number of aromatic nitrogens is 1. The first-order valence-electron chi connectivity index (χ1n) is 6.18. The molecule has 1 aromatic heterocycles. The van der Waals surface area contributed by atoms with Crippen LogP contribution in [-0.2, 0) is 16.0 Å². The van der Waals surface area contributed by atoms with E-state index >= 15 is 0 Å². The van der Waals surface area contributed by atoms with Gasteiger partial charge < -0.3 is 10.1 Å². The van der Waals surface area contributed by atoms with Crippen molar-refractivity contribution in [3.8, 4) is 0 Å². The van der Waals surface area contributed by atoms with Crippen LogP contribution in [0, 0.1) is 0 Å². The largest absolute Gasteiger partial charge is 0.444 e. The molecule has 0 radical (unpaired) electrons. The third-order valence-corrected chi connectivity index (χ3v) is 2.32. The molecule has 1 aromatic rings. The first-order chi connectivity index (χ1) is 8.78. The summed E-state index contributed by atoms with van der Waals surface area (Å²) in [6, 6.07) is 4.83. The van der Waals surface area contributed by atoms with Gasteiger partial charge in [0, 0.05) is 18.3 Å². The van der Waals surface area contributed by atoms with Crippen LogP contribution in [0.1, 0.15) is 33.4 Å². The van der Waals surface area contributed by atoms with Gasteiger partial charge in [0.1, 0.15) is 5.60 Å². The molecule has 19 heavy (non-hydrogen) atoms. The zero-order valence-corrected chi connectivity index (χ0v) is 11.8. The van der Waals surface area contributed by atoms with E-state index < -0.39 is 17.7 Å². The summed E-state index contributed by atoms with van der Waals surface area (Å²) < 4.78 is 5.13. The minimum Gasteiger partial charge on any atom is -0.444 e. The second-order valence-corrected chi connectivity index (χ2v) is 5.33. The molecule has 0 saturated carbocycles. The first kappa shape index (κ1) is 15.1. The summed E-state index contributed by atoms with van der Waals surface area (Å²) in [6.07, 6.45) is 1.42. The number of rotatable bonds is 4. The summed E-state index contributed by atoms with van der Waals surface area (Å²) >= 11 is 0. The molecule has 1 unspecified atom stereocenters. The number of Topliss-reactive ketones (excluding diaryl/α,β-unsaturated/α-hetero) is 1. The van der Waals surface area contributed by atoms with Gasteiger partial charge in [-0.1, -0.05) is 6.07 Å². The molecule has 0 bridgehead atoms. The third kappa shape index (κ3) is 5.99. The number of nitrogens with zero attached hydrogens (tertiary/aromatic N) is 1. The number of hydrogen-bond donors (Lipinski definition) is 1. The second-order valence-electron chi connectivity index (χ2n) is 5.33. The van der Waals surface area contributed by atoms with Gasteiger partial charge in [0.25, 0.3) is 0 Å². The van der Waals surface area contributed by atoms with E-state index in [1.165, 1.54) is 6.92 Å². The van der Waals surface area contributed by atoms with E-state index in [-0.39, 0.29) is 5.78 Å². The van der Waals surface area contributed by atoms with Crippen molar-refractivity contribution >= 4 is 11.9 Å². The Kier molecular flexibility index (Phi) is 5.03. The fourth-order valence-electron chi connectivity index (χ4n) is 1.47. The maximum absolute atomic E-state index is 11.7. The molecular weight excluding hydrogens is 244 g/mol. The van der Waals surface area contributed by atoms with E-state index in [0.717, 1.165) is 5.69 Å². The van der Waals surface area contributed by atoms with Crippen molar-refractivity contribution in [1.29, 1.82) is 0 Å². The number of ketones is 1. The summed E-state index contributed by atoms with van der Waals surface area (Å²) in [6.45, 7) is 6.75. The molecule has 0 spiro atoms. The highest BCUT2D eigenvalue weighted by Crippen LogP contribution is 2.08. The zero-order chi connectivity index (χ0) is 14.5.